The molecule has 0 unspecified atom stereocenters. The van der Waals surface area contributed by atoms with E-state index in [0.717, 1.165) is 30.8 Å². The van der Waals surface area contributed by atoms with E-state index in [9.17, 15) is 9.90 Å². The lowest BCUT2D eigenvalue weighted by Gasteiger charge is -2.14. The third kappa shape index (κ3) is 2.51. The van der Waals surface area contributed by atoms with E-state index in [2.05, 4.69) is 4.90 Å². The van der Waals surface area contributed by atoms with Gasteiger partial charge in [0.15, 0.2) is 0 Å². The Hall–Kier alpha value is -2.33. The van der Waals surface area contributed by atoms with Gasteiger partial charge < -0.3 is 10.2 Å². The highest BCUT2D eigenvalue weighted by atomic mass is 16.4. The summed E-state index contributed by atoms with van der Waals surface area (Å²) in [5.74, 6) is -0.619. The van der Waals surface area contributed by atoms with Crippen LogP contribution in [0.3, 0.4) is 0 Å². The van der Waals surface area contributed by atoms with Gasteiger partial charge in [-0.15, -0.1) is 0 Å². The van der Waals surface area contributed by atoms with Crippen LogP contribution in [-0.4, -0.2) is 21.1 Å². The molecule has 1 heterocycles. The molecule has 0 radical (unpaired) electrons. The second-order valence-corrected chi connectivity index (χ2v) is 5.10. The minimum atomic E-state index is -0.890. The number of hydrogen-bond acceptors (Lipinski definition) is 3. The maximum Gasteiger partial charge on any atom is 0.335 e. The van der Waals surface area contributed by atoms with Crippen LogP contribution < -0.4 is 0 Å². The molecule has 0 spiro atoms. The van der Waals surface area contributed by atoms with Crippen molar-refractivity contribution >= 4 is 5.97 Å². The number of carbonyl (C=O) groups is 1. The first-order valence-electron chi connectivity index (χ1n) is 6.47. The molecular formula is C16H15NO3. The van der Waals surface area contributed by atoms with Crippen LogP contribution >= 0.6 is 0 Å². The van der Waals surface area contributed by atoms with E-state index >= 15 is 0 Å². The zero-order chi connectivity index (χ0) is 14.1. The van der Waals surface area contributed by atoms with E-state index in [1.54, 1.807) is 24.3 Å². The topological polar surface area (TPSA) is 60.8 Å². The number of benzene rings is 2. The molecule has 0 atom stereocenters. The monoisotopic (exact) mass is 269 g/mol. The standard InChI is InChI=1S/C16H15NO3/c18-15-3-1-2-11(6-15)8-17-9-13-5-4-12(16(19)20)7-14(13)10-17/h1-7,18H,8-10H2,(H,19,20). The lowest BCUT2D eigenvalue weighted by molar-refractivity contribution is 0.0696. The second kappa shape index (κ2) is 4.98. The quantitative estimate of drug-likeness (QED) is 0.899. The average Bonchev–Trinajstić information content (AvgIpc) is 2.79. The van der Waals surface area contributed by atoms with Crippen molar-refractivity contribution in [3.05, 3.63) is 64.7 Å². The zero-order valence-electron chi connectivity index (χ0n) is 10.9. The Kier molecular flexibility index (Phi) is 3.16. The average molecular weight is 269 g/mol. The van der Waals surface area contributed by atoms with Crippen molar-refractivity contribution in [1.82, 2.24) is 4.90 Å². The molecular weight excluding hydrogens is 254 g/mol. The molecule has 20 heavy (non-hydrogen) atoms. The number of carboxylic acid groups (broad SMARTS) is 1. The third-order valence-electron chi connectivity index (χ3n) is 3.56. The Labute approximate surface area is 116 Å². The Morgan fingerprint density at radius 2 is 1.90 bits per heavy atom. The third-order valence-corrected chi connectivity index (χ3v) is 3.56. The number of rotatable bonds is 3. The number of nitrogens with zero attached hydrogens (tertiary/aromatic N) is 1. The molecule has 0 aromatic heterocycles. The summed E-state index contributed by atoms with van der Waals surface area (Å²) in [6, 6.07) is 12.5. The molecule has 1 aliphatic heterocycles. The summed E-state index contributed by atoms with van der Waals surface area (Å²) in [6.45, 7) is 2.29. The van der Waals surface area contributed by atoms with Gasteiger partial charge in [-0.3, -0.25) is 4.90 Å². The molecule has 2 aromatic rings. The first kappa shape index (κ1) is 12.7. The lowest BCUT2D eigenvalue weighted by Crippen LogP contribution is -2.15. The van der Waals surface area contributed by atoms with E-state index in [4.69, 9.17) is 5.11 Å². The van der Waals surface area contributed by atoms with Crippen LogP contribution in [0.25, 0.3) is 0 Å². The van der Waals surface area contributed by atoms with Crippen molar-refractivity contribution < 1.29 is 15.0 Å². The first-order valence-corrected chi connectivity index (χ1v) is 6.47. The number of aromatic hydroxyl groups is 1. The molecule has 1 aliphatic rings. The van der Waals surface area contributed by atoms with Crippen LogP contribution in [0, 0.1) is 0 Å². The molecule has 0 fully saturated rings. The van der Waals surface area contributed by atoms with Crippen LogP contribution in [0.15, 0.2) is 42.5 Å². The number of aromatic carboxylic acids is 1. The zero-order valence-corrected chi connectivity index (χ0v) is 10.9. The highest BCUT2D eigenvalue weighted by molar-refractivity contribution is 5.87. The molecule has 0 bridgehead atoms. The minimum absolute atomic E-state index is 0.271. The Morgan fingerprint density at radius 1 is 1.10 bits per heavy atom. The van der Waals surface area contributed by atoms with Gasteiger partial charge in [0.25, 0.3) is 0 Å². The van der Waals surface area contributed by atoms with E-state index in [-0.39, 0.29) is 5.75 Å². The van der Waals surface area contributed by atoms with Gasteiger partial charge in [-0.1, -0.05) is 18.2 Å². The number of carboxylic acids is 1. The van der Waals surface area contributed by atoms with Crippen molar-refractivity contribution in [1.29, 1.82) is 0 Å². The maximum absolute atomic E-state index is 11.0. The minimum Gasteiger partial charge on any atom is -0.508 e. The molecule has 2 aromatic carbocycles. The fraction of sp³-hybridized carbons (Fsp3) is 0.188. The van der Waals surface area contributed by atoms with Crippen molar-refractivity contribution in [2.45, 2.75) is 19.6 Å². The summed E-state index contributed by atoms with van der Waals surface area (Å²) in [5.41, 5.74) is 3.64. The molecule has 4 nitrogen and oxygen atoms in total. The van der Waals surface area contributed by atoms with Gasteiger partial charge in [-0.2, -0.15) is 0 Å². The largest absolute Gasteiger partial charge is 0.508 e. The number of phenolic OH excluding ortho intramolecular Hbond substituents is 1. The Morgan fingerprint density at radius 3 is 2.65 bits per heavy atom. The van der Waals surface area contributed by atoms with Gasteiger partial charge in [0.1, 0.15) is 5.75 Å². The molecule has 4 heteroatoms. The fourth-order valence-electron chi connectivity index (χ4n) is 2.62. The molecule has 0 saturated heterocycles. The predicted molar refractivity (Wildman–Crippen MR) is 74.5 cm³/mol. The molecule has 0 aliphatic carbocycles. The highest BCUT2D eigenvalue weighted by Crippen LogP contribution is 2.26. The molecule has 102 valence electrons. The van der Waals surface area contributed by atoms with Crippen LogP contribution in [0.2, 0.25) is 0 Å². The van der Waals surface area contributed by atoms with Gasteiger partial charge in [-0.05, 0) is 41.0 Å². The summed E-state index contributed by atoms with van der Waals surface area (Å²) < 4.78 is 0. The molecule has 2 N–H and O–H groups in total. The van der Waals surface area contributed by atoms with Crippen molar-refractivity contribution in [3.8, 4) is 5.75 Å². The van der Waals surface area contributed by atoms with Gasteiger partial charge in [-0.25, -0.2) is 4.79 Å². The number of fused-ring (bicyclic) bond motifs is 1. The van der Waals surface area contributed by atoms with Crippen LogP contribution in [0.4, 0.5) is 0 Å². The first-order chi connectivity index (χ1) is 9.61. The summed E-state index contributed by atoms with van der Waals surface area (Å²) in [6.07, 6.45) is 0. The van der Waals surface area contributed by atoms with Crippen molar-refractivity contribution in [3.63, 3.8) is 0 Å². The van der Waals surface area contributed by atoms with Crippen LogP contribution in [-0.2, 0) is 19.6 Å². The van der Waals surface area contributed by atoms with E-state index in [1.165, 1.54) is 5.56 Å². The van der Waals surface area contributed by atoms with E-state index in [0.29, 0.717) is 5.56 Å². The van der Waals surface area contributed by atoms with Crippen LogP contribution in [0.1, 0.15) is 27.0 Å². The molecule has 3 rings (SSSR count). The fourth-order valence-corrected chi connectivity index (χ4v) is 2.62. The lowest BCUT2D eigenvalue weighted by atomic mass is 10.1. The van der Waals surface area contributed by atoms with Gasteiger partial charge in [0.05, 0.1) is 5.56 Å². The van der Waals surface area contributed by atoms with Gasteiger partial charge in [0.2, 0.25) is 0 Å². The molecule has 0 amide bonds. The maximum atomic E-state index is 11.0. The Bertz CT molecular complexity index is 667. The Balaban J connectivity index is 1.75. The SMILES string of the molecule is O=C(O)c1ccc2c(c1)CN(Cc1cccc(O)c1)C2. The van der Waals surface area contributed by atoms with Gasteiger partial charge in [0, 0.05) is 19.6 Å². The normalized spacial score (nSPS) is 14.2. The highest BCUT2D eigenvalue weighted by Gasteiger charge is 2.20. The number of hydrogen-bond donors (Lipinski definition) is 2. The number of phenols is 1. The van der Waals surface area contributed by atoms with E-state index in [1.807, 2.05) is 18.2 Å². The van der Waals surface area contributed by atoms with Crippen molar-refractivity contribution in [2.24, 2.45) is 0 Å². The van der Waals surface area contributed by atoms with Crippen molar-refractivity contribution in [2.75, 3.05) is 0 Å². The summed E-state index contributed by atoms with van der Waals surface area (Å²) in [5, 5.41) is 18.5. The summed E-state index contributed by atoms with van der Waals surface area (Å²) in [4.78, 5) is 13.2. The van der Waals surface area contributed by atoms with Gasteiger partial charge >= 0.3 is 5.97 Å². The smallest absolute Gasteiger partial charge is 0.335 e. The van der Waals surface area contributed by atoms with E-state index < -0.39 is 5.97 Å². The molecule has 0 saturated carbocycles. The van der Waals surface area contributed by atoms with Crippen LogP contribution in [0.5, 0.6) is 5.75 Å². The predicted octanol–water partition coefficient (Wildman–Crippen LogP) is 2.61. The summed E-state index contributed by atoms with van der Waals surface area (Å²) >= 11 is 0. The summed E-state index contributed by atoms with van der Waals surface area (Å²) in [7, 11) is 0. The second-order valence-electron chi connectivity index (χ2n) is 5.10.